The zero-order chi connectivity index (χ0) is 20.4. The number of nitrogens with two attached hydrogens (primary N) is 1. The number of nitrogens with zero attached hydrogens (tertiary/aromatic N) is 2. The number of aliphatic imine (C=N–C) groups is 2. The summed E-state index contributed by atoms with van der Waals surface area (Å²) in [5, 5.41) is 0.390. The second-order valence-electron chi connectivity index (χ2n) is 8.21. The van der Waals surface area contributed by atoms with Crippen LogP contribution in [0.3, 0.4) is 0 Å². The molecule has 1 atom stereocenters. The summed E-state index contributed by atoms with van der Waals surface area (Å²) >= 11 is 1.68. The fraction of sp³-hybridized carbons (Fsp3) is 0.619. The van der Waals surface area contributed by atoms with Gasteiger partial charge in [0.2, 0.25) is 5.91 Å². The van der Waals surface area contributed by atoms with Crippen LogP contribution >= 0.6 is 11.8 Å². The SMILES string of the molecule is NC(=O)C1CCC(SCC2=NC(=O)C3C(F)=CC(OCC4CCC4)=CC3=N2)CC1. The van der Waals surface area contributed by atoms with Crippen molar-refractivity contribution in [3.8, 4) is 0 Å². The Labute approximate surface area is 173 Å². The molecule has 3 aliphatic carbocycles. The Morgan fingerprint density at radius 1 is 1.17 bits per heavy atom. The van der Waals surface area contributed by atoms with E-state index in [1.165, 1.54) is 12.5 Å². The first-order chi connectivity index (χ1) is 14.0. The molecule has 0 bridgehead atoms. The number of primary amides is 1. The molecular weight excluding hydrogens is 393 g/mol. The molecule has 0 aromatic heterocycles. The van der Waals surface area contributed by atoms with Crippen LogP contribution in [0.4, 0.5) is 4.39 Å². The number of halogens is 1. The minimum Gasteiger partial charge on any atom is -0.493 e. The van der Waals surface area contributed by atoms with Crippen molar-refractivity contribution < 1.29 is 18.7 Å². The van der Waals surface area contributed by atoms with Crippen LogP contribution in [-0.4, -0.2) is 41.0 Å². The minimum atomic E-state index is -1.04. The average molecular weight is 420 g/mol. The third-order valence-electron chi connectivity index (χ3n) is 6.12. The van der Waals surface area contributed by atoms with Gasteiger partial charge in [-0.05, 0) is 44.4 Å². The highest BCUT2D eigenvalue weighted by Gasteiger charge is 2.35. The third-order valence-corrected chi connectivity index (χ3v) is 7.49. The van der Waals surface area contributed by atoms with E-state index in [4.69, 9.17) is 10.5 Å². The van der Waals surface area contributed by atoms with Crippen LogP contribution < -0.4 is 5.73 Å². The zero-order valence-corrected chi connectivity index (χ0v) is 17.1. The Bertz CT molecular complexity index is 808. The fourth-order valence-electron chi connectivity index (χ4n) is 4.07. The number of amides is 2. The van der Waals surface area contributed by atoms with E-state index < -0.39 is 17.7 Å². The van der Waals surface area contributed by atoms with Gasteiger partial charge >= 0.3 is 0 Å². The van der Waals surface area contributed by atoms with Crippen molar-refractivity contribution in [2.75, 3.05) is 12.4 Å². The van der Waals surface area contributed by atoms with Gasteiger partial charge in [0.25, 0.3) is 5.91 Å². The van der Waals surface area contributed by atoms with Crippen molar-refractivity contribution >= 4 is 35.1 Å². The Hall–Kier alpha value is -1.96. The number of amidine groups is 1. The molecule has 2 fully saturated rings. The molecule has 6 nitrogen and oxygen atoms in total. The summed E-state index contributed by atoms with van der Waals surface area (Å²) in [6, 6.07) is 0. The Kier molecular flexibility index (Phi) is 6.18. The van der Waals surface area contributed by atoms with E-state index in [1.54, 1.807) is 17.8 Å². The molecule has 4 rings (SSSR count). The largest absolute Gasteiger partial charge is 0.493 e. The summed E-state index contributed by atoms with van der Waals surface area (Å²) < 4.78 is 20.2. The van der Waals surface area contributed by atoms with Gasteiger partial charge in [-0.15, -0.1) is 0 Å². The van der Waals surface area contributed by atoms with E-state index in [2.05, 4.69) is 9.98 Å². The number of hydrogen-bond acceptors (Lipinski definition) is 5. The van der Waals surface area contributed by atoms with Crippen molar-refractivity contribution in [3.63, 3.8) is 0 Å². The van der Waals surface area contributed by atoms with Crippen molar-refractivity contribution in [1.29, 1.82) is 0 Å². The Morgan fingerprint density at radius 3 is 2.59 bits per heavy atom. The first kappa shape index (κ1) is 20.3. The van der Waals surface area contributed by atoms with E-state index in [-0.39, 0.29) is 11.8 Å². The number of rotatable bonds is 7. The van der Waals surface area contributed by atoms with Crippen molar-refractivity contribution in [2.45, 2.75) is 50.2 Å². The van der Waals surface area contributed by atoms with Gasteiger partial charge in [-0.1, -0.05) is 6.42 Å². The molecule has 0 spiro atoms. The standard InChI is InChI=1S/C21H26FN3O3S/c22-16-8-14(28-10-12-2-1-3-12)9-17-19(16)21(27)25-18(24-17)11-29-15-6-4-13(5-7-15)20(23)26/h8-9,12-13,15,19H,1-7,10-11H2,(H2,23,26). The van der Waals surface area contributed by atoms with Gasteiger partial charge in [0.1, 0.15) is 23.3 Å². The van der Waals surface area contributed by atoms with Crippen molar-refractivity contribution in [2.24, 2.45) is 33.5 Å². The maximum Gasteiger partial charge on any atom is 0.263 e. The van der Waals surface area contributed by atoms with Crippen LogP contribution in [0, 0.1) is 17.8 Å². The van der Waals surface area contributed by atoms with Gasteiger partial charge in [0.15, 0.2) is 0 Å². The Morgan fingerprint density at radius 2 is 1.93 bits per heavy atom. The number of thioether (sulfide) groups is 1. The number of fused-ring (bicyclic) bond motifs is 1. The molecule has 0 saturated heterocycles. The minimum absolute atomic E-state index is 0.0260. The highest BCUT2D eigenvalue weighted by Crippen LogP contribution is 2.33. The molecule has 2 N–H and O–H groups in total. The monoisotopic (exact) mass is 419 g/mol. The summed E-state index contributed by atoms with van der Waals surface area (Å²) in [4.78, 5) is 32.1. The van der Waals surface area contributed by atoms with E-state index >= 15 is 0 Å². The van der Waals surface area contributed by atoms with Crippen molar-refractivity contribution in [3.05, 3.63) is 23.7 Å². The number of ether oxygens (including phenoxy) is 1. The second kappa shape index (κ2) is 8.81. The lowest BCUT2D eigenvalue weighted by atomic mass is 9.86. The maximum atomic E-state index is 14.5. The first-order valence-corrected chi connectivity index (χ1v) is 11.4. The van der Waals surface area contributed by atoms with E-state index in [0.717, 1.165) is 38.5 Å². The predicted octanol–water partition coefficient (Wildman–Crippen LogP) is 3.33. The van der Waals surface area contributed by atoms with Crippen LogP contribution in [0.15, 0.2) is 33.7 Å². The van der Waals surface area contributed by atoms with Gasteiger partial charge in [0.05, 0.1) is 18.1 Å². The molecular formula is C21H26FN3O3S. The first-order valence-electron chi connectivity index (χ1n) is 10.3. The molecule has 2 amide bonds. The fourth-order valence-corrected chi connectivity index (χ4v) is 5.19. The summed E-state index contributed by atoms with van der Waals surface area (Å²) in [7, 11) is 0. The predicted molar refractivity (Wildman–Crippen MR) is 111 cm³/mol. The lowest BCUT2D eigenvalue weighted by Gasteiger charge is -2.27. The smallest absolute Gasteiger partial charge is 0.263 e. The molecule has 1 heterocycles. The topological polar surface area (TPSA) is 94.1 Å². The normalized spacial score (nSPS) is 29.7. The average Bonchev–Trinajstić information content (AvgIpc) is 2.65. The summed E-state index contributed by atoms with van der Waals surface area (Å²) in [6.07, 6.45) is 9.90. The Balaban J connectivity index is 1.36. The molecule has 29 heavy (non-hydrogen) atoms. The van der Waals surface area contributed by atoms with Crippen LogP contribution in [0.1, 0.15) is 44.9 Å². The number of allylic oxidation sites excluding steroid dienone is 2. The van der Waals surface area contributed by atoms with Crippen LogP contribution in [-0.2, 0) is 14.3 Å². The van der Waals surface area contributed by atoms with E-state index in [1.807, 2.05) is 0 Å². The van der Waals surface area contributed by atoms with Crippen molar-refractivity contribution in [1.82, 2.24) is 0 Å². The maximum absolute atomic E-state index is 14.5. The van der Waals surface area contributed by atoms with Gasteiger partial charge in [-0.2, -0.15) is 16.8 Å². The molecule has 1 unspecified atom stereocenters. The quantitative estimate of drug-likeness (QED) is 0.685. The lowest BCUT2D eigenvalue weighted by Crippen LogP contribution is -2.32. The molecule has 0 aromatic rings. The summed E-state index contributed by atoms with van der Waals surface area (Å²) in [6.45, 7) is 0.576. The molecule has 156 valence electrons. The molecule has 4 aliphatic rings. The van der Waals surface area contributed by atoms with Gasteiger partial charge in [-0.3, -0.25) is 9.59 Å². The zero-order valence-electron chi connectivity index (χ0n) is 16.3. The van der Waals surface area contributed by atoms with Gasteiger partial charge in [0, 0.05) is 23.3 Å². The number of carbonyl (C=O) groups is 2. The molecule has 2 saturated carbocycles. The van der Waals surface area contributed by atoms with Crippen LogP contribution in [0.2, 0.25) is 0 Å². The molecule has 0 radical (unpaired) electrons. The number of carbonyl (C=O) groups excluding carboxylic acids is 2. The summed E-state index contributed by atoms with van der Waals surface area (Å²) in [5.74, 6) is -0.464. The highest BCUT2D eigenvalue weighted by atomic mass is 32.2. The van der Waals surface area contributed by atoms with Gasteiger partial charge < -0.3 is 10.5 Å². The summed E-state index contributed by atoms with van der Waals surface area (Å²) in [5.41, 5.74) is 5.76. The van der Waals surface area contributed by atoms with Crippen LogP contribution in [0.25, 0.3) is 0 Å². The highest BCUT2D eigenvalue weighted by molar-refractivity contribution is 8.00. The second-order valence-corrected chi connectivity index (χ2v) is 9.50. The van der Waals surface area contributed by atoms with E-state index in [0.29, 0.717) is 40.8 Å². The third kappa shape index (κ3) is 4.79. The molecule has 8 heteroatoms. The molecule has 1 aliphatic heterocycles. The van der Waals surface area contributed by atoms with E-state index in [9.17, 15) is 14.0 Å². The lowest BCUT2D eigenvalue weighted by molar-refractivity contribution is -0.122. The molecule has 0 aromatic carbocycles. The van der Waals surface area contributed by atoms with Crippen LogP contribution in [0.5, 0.6) is 0 Å². The van der Waals surface area contributed by atoms with Gasteiger partial charge in [-0.25, -0.2) is 9.38 Å². The number of hydrogen-bond donors (Lipinski definition) is 1.